The maximum absolute atomic E-state index is 13.2. The van der Waals surface area contributed by atoms with Crippen molar-refractivity contribution in [3.05, 3.63) is 23.8 Å². The zero-order valence-electron chi connectivity index (χ0n) is 7.63. The monoisotopic (exact) mass is 219 g/mol. The van der Waals surface area contributed by atoms with Crippen molar-refractivity contribution in [3.63, 3.8) is 0 Å². The van der Waals surface area contributed by atoms with Gasteiger partial charge in [-0.25, -0.2) is 8.78 Å². The molecular weight excluding hydrogens is 208 g/mol. The fraction of sp³-hybridized carbons (Fsp3) is 0.333. The molecule has 0 spiro atoms. The molecule has 0 fully saturated rings. The van der Waals surface area contributed by atoms with E-state index in [1.165, 1.54) is 6.07 Å². The molecule has 2 nitrogen and oxygen atoms in total. The first-order valence-corrected chi connectivity index (χ1v) is 5.05. The number of hydrogen-bond donors (Lipinski definition) is 2. The van der Waals surface area contributed by atoms with Crippen LogP contribution in [0.15, 0.2) is 17.0 Å². The highest BCUT2D eigenvalue weighted by molar-refractivity contribution is 7.99. The van der Waals surface area contributed by atoms with Crippen molar-refractivity contribution in [2.45, 2.75) is 17.9 Å². The zero-order chi connectivity index (χ0) is 10.7. The Balaban J connectivity index is 2.89. The molecule has 0 radical (unpaired) electrons. The summed E-state index contributed by atoms with van der Waals surface area (Å²) >= 11 is 1.01. The molecule has 0 aliphatic carbocycles. The zero-order valence-corrected chi connectivity index (χ0v) is 8.44. The van der Waals surface area contributed by atoms with Gasteiger partial charge in [0, 0.05) is 11.4 Å². The summed E-state index contributed by atoms with van der Waals surface area (Å²) in [6.45, 7) is 1.57. The summed E-state index contributed by atoms with van der Waals surface area (Å²) in [5.74, 6) is -1.59. The molecule has 0 unspecified atom stereocenters. The molecule has 0 aromatic heterocycles. The van der Waals surface area contributed by atoms with Crippen molar-refractivity contribution in [2.24, 2.45) is 0 Å². The Morgan fingerprint density at radius 1 is 1.50 bits per heavy atom. The molecule has 5 heteroatoms. The fourth-order valence-corrected chi connectivity index (χ4v) is 1.76. The summed E-state index contributed by atoms with van der Waals surface area (Å²) in [5, 5.41) is 8.99. The molecule has 0 aliphatic heterocycles. The minimum Gasteiger partial charge on any atom is -0.398 e. The number of benzene rings is 1. The Morgan fingerprint density at radius 3 is 2.71 bits per heavy atom. The first-order valence-electron chi connectivity index (χ1n) is 4.06. The first-order chi connectivity index (χ1) is 6.52. The molecule has 1 aromatic carbocycles. The summed E-state index contributed by atoms with van der Waals surface area (Å²) in [6, 6.07) is 2.29. The van der Waals surface area contributed by atoms with Crippen LogP contribution >= 0.6 is 11.8 Å². The summed E-state index contributed by atoms with van der Waals surface area (Å²) in [4.78, 5) is 0.0610. The quantitative estimate of drug-likeness (QED) is 0.604. The number of aliphatic hydroxyl groups excluding tert-OH is 1. The average Bonchev–Trinajstić information content (AvgIpc) is 2.11. The minimum atomic E-state index is -0.948. The van der Waals surface area contributed by atoms with Crippen LogP contribution in [0.1, 0.15) is 6.92 Å². The summed E-state index contributed by atoms with van der Waals surface area (Å²) in [7, 11) is 0. The van der Waals surface area contributed by atoms with Crippen molar-refractivity contribution in [3.8, 4) is 0 Å². The highest BCUT2D eigenvalue weighted by Gasteiger charge is 2.12. The van der Waals surface area contributed by atoms with E-state index >= 15 is 0 Å². The fourth-order valence-electron chi connectivity index (χ4n) is 0.898. The van der Waals surface area contributed by atoms with Gasteiger partial charge in [0.05, 0.1) is 11.0 Å². The molecule has 0 amide bonds. The number of hydrogen-bond acceptors (Lipinski definition) is 3. The third-order valence-corrected chi connectivity index (χ3v) is 2.90. The molecule has 0 saturated heterocycles. The molecule has 0 heterocycles. The second-order valence-electron chi connectivity index (χ2n) is 2.94. The lowest BCUT2D eigenvalue weighted by Crippen LogP contribution is -2.04. The molecule has 0 aliphatic rings. The van der Waals surface area contributed by atoms with Gasteiger partial charge in [0.15, 0.2) is 11.6 Å². The topological polar surface area (TPSA) is 46.2 Å². The Morgan fingerprint density at radius 2 is 2.14 bits per heavy atom. The van der Waals surface area contributed by atoms with Crippen molar-refractivity contribution in [2.75, 3.05) is 11.5 Å². The molecule has 1 rings (SSSR count). The van der Waals surface area contributed by atoms with Crippen molar-refractivity contribution in [1.82, 2.24) is 0 Å². The van der Waals surface area contributed by atoms with E-state index in [1.807, 2.05) is 0 Å². The number of aliphatic hydroxyl groups is 1. The lowest BCUT2D eigenvalue weighted by Gasteiger charge is -2.08. The van der Waals surface area contributed by atoms with Crippen LogP contribution in [0.25, 0.3) is 0 Å². The van der Waals surface area contributed by atoms with E-state index in [0.29, 0.717) is 0 Å². The van der Waals surface area contributed by atoms with E-state index in [0.717, 1.165) is 17.8 Å². The average molecular weight is 219 g/mol. The van der Waals surface area contributed by atoms with Crippen LogP contribution < -0.4 is 5.73 Å². The van der Waals surface area contributed by atoms with Crippen LogP contribution in [-0.4, -0.2) is 17.0 Å². The van der Waals surface area contributed by atoms with Crippen molar-refractivity contribution in [1.29, 1.82) is 0 Å². The van der Waals surface area contributed by atoms with E-state index in [4.69, 9.17) is 10.8 Å². The van der Waals surface area contributed by atoms with Gasteiger partial charge in [-0.2, -0.15) is 0 Å². The van der Waals surface area contributed by atoms with Gasteiger partial charge in [-0.05, 0) is 19.1 Å². The van der Waals surface area contributed by atoms with Crippen LogP contribution in [0.5, 0.6) is 0 Å². The minimum absolute atomic E-state index is 0.0610. The lowest BCUT2D eigenvalue weighted by atomic mass is 10.3. The van der Waals surface area contributed by atoms with Crippen LogP contribution in [-0.2, 0) is 0 Å². The third-order valence-electron chi connectivity index (χ3n) is 1.55. The summed E-state index contributed by atoms with van der Waals surface area (Å²) < 4.78 is 25.9. The molecule has 1 aromatic rings. The Labute approximate surface area is 85.1 Å². The molecular formula is C9H11F2NOS. The number of thioether (sulfide) groups is 1. The first kappa shape index (κ1) is 11.3. The van der Waals surface area contributed by atoms with Gasteiger partial charge in [0.1, 0.15) is 0 Å². The van der Waals surface area contributed by atoms with E-state index in [-0.39, 0.29) is 16.3 Å². The molecule has 0 saturated carbocycles. The number of nitrogens with two attached hydrogens (primary N) is 1. The van der Waals surface area contributed by atoms with Crippen LogP contribution in [0, 0.1) is 11.6 Å². The highest BCUT2D eigenvalue weighted by atomic mass is 32.2. The Kier molecular flexibility index (Phi) is 3.71. The van der Waals surface area contributed by atoms with Crippen LogP contribution in [0.4, 0.5) is 14.5 Å². The van der Waals surface area contributed by atoms with Gasteiger partial charge >= 0.3 is 0 Å². The van der Waals surface area contributed by atoms with E-state index in [1.54, 1.807) is 6.92 Å². The third kappa shape index (κ3) is 2.59. The molecule has 14 heavy (non-hydrogen) atoms. The number of rotatable bonds is 3. The van der Waals surface area contributed by atoms with Gasteiger partial charge in [-0.1, -0.05) is 0 Å². The van der Waals surface area contributed by atoms with E-state index in [2.05, 4.69) is 0 Å². The van der Waals surface area contributed by atoms with Gasteiger partial charge in [0.25, 0.3) is 0 Å². The molecule has 78 valence electrons. The highest BCUT2D eigenvalue weighted by Crippen LogP contribution is 2.29. The molecule has 3 N–H and O–H groups in total. The second kappa shape index (κ2) is 4.61. The van der Waals surface area contributed by atoms with Crippen molar-refractivity contribution < 1.29 is 13.9 Å². The second-order valence-corrected chi connectivity index (χ2v) is 3.97. The van der Waals surface area contributed by atoms with Gasteiger partial charge in [-0.3, -0.25) is 0 Å². The summed E-state index contributed by atoms with van der Waals surface area (Å²) in [6.07, 6.45) is -0.581. The van der Waals surface area contributed by atoms with Gasteiger partial charge in [-0.15, -0.1) is 11.8 Å². The Hall–Kier alpha value is -0.810. The maximum atomic E-state index is 13.2. The normalized spacial score (nSPS) is 12.9. The maximum Gasteiger partial charge on any atom is 0.174 e. The summed E-state index contributed by atoms with van der Waals surface area (Å²) in [5.41, 5.74) is 5.66. The SMILES string of the molecule is C[C@@H](O)CSc1c(N)ccc(F)c1F. The standard InChI is InChI=1S/C9H11F2NOS/c1-5(13)4-14-9-7(12)3-2-6(10)8(9)11/h2-3,5,13H,4,12H2,1H3/t5-/m1/s1. The molecule has 0 bridgehead atoms. The Bertz CT molecular complexity index is 331. The van der Waals surface area contributed by atoms with Gasteiger partial charge in [0.2, 0.25) is 0 Å². The smallest absolute Gasteiger partial charge is 0.174 e. The molecule has 1 atom stereocenters. The number of halogens is 2. The number of anilines is 1. The predicted molar refractivity (Wildman–Crippen MR) is 53.2 cm³/mol. The predicted octanol–water partition coefficient (Wildman–Crippen LogP) is 2.02. The van der Waals surface area contributed by atoms with Crippen molar-refractivity contribution >= 4 is 17.4 Å². The van der Waals surface area contributed by atoms with Crippen LogP contribution in [0.2, 0.25) is 0 Å². The van der Waals surface area contributed by atoms with Gasteiger partial charge < -0.3 is 10.8 Å². The van der Waals surface area contributed by atoms with E-state index in [9.17, 15) is 8.78 Å². The van der Waals surface area contributed by atoms with E-state index < -0.39 is 17.7 Å². The lowest BCUT2D eigenvalue weighted by molar-refractivity contribution is 0.220. The largest absolute Gasteiger partial charge is 0.398 e. The number of nitrogen functional groups attached to an aromatic ring is 1. The van der Waals surface area contributed by atoms with Crippen LogP contribution in [0.3, 0.4) is 0 Å².